The lowest BCUT2D eigenvalue weighted by atomic mass is 10.1. The Morgan fingerprint density at radius 3 is 2.40 bits per heavy atom. The van der Waals surface area contributed by atoms with E-state index in [0.29, 0.717) is 26.6 Å². The first kappa shape index (κ1) is 15.5. The minimum atomic E-state index is 0.0602. The lowest BCUT2D eigenvalue weighted by Gasteiger charge is -2.11. The van der Waals surface area contributed by atoms with E-state index in [9.17, 15) is 0 Å². The summed E-state index contributed by atoms with van der Waals surface area (Å²) in [6, 6.07) is 10.6. The van der Waals surface area contributed by atoms with Crippen molar-refractivity contribution in [2.75, 3.05) is 0 Å². The van der Waals surface area contributed by atoms with Crippen molar-refractivity contribution in [2.45, 2.75) is 19.4 Å². The molecular weight excluding hydrogens is 317 g/mol. The fraction of sp³-hybridized carbons (Fsp3) is 0.200. The summed E-state index contributed by atoms with van der Waals surface area (Å²) >= 11 is 18.1. The van der Waals surface area contributed by atoms with E-state index in [4.69, 9.17) is 45.3 Å². The van der Waals surface area contributed by atoms with Crippen LogP contribution in [0.2, 0.25) is 15.1 Å². The van der Waals surface area contributed by atoms with Crippen molar-refractivity contribution in [3.63, 3.8) is 0 Å². The van der Waals surface area contributed by atoms with Gasteiger partial charge in [0, 0.05) is 16.1 Å². The Morgan fingerprint density at radius 1 is 1.05 bits per heavy atom. The third-order valence-corrected chi connectivity index (χ3v) is 3.57. The summed E-state index contributed by atoms with van der Waals surface area (Å²) in [5, 5.41) is 1.64. The van der Waals surface area contributed by atoms with E-state index < -0.39 is 0 Å². The number of hydrogen-bond acceptors (Lipinski definition) is 2. The average Bonchev–Trinajstić information content (AvgIpc) is 2.36. The number of nitrogens with two attached hydrogens (primary N) is 1. The normalized spacial score (nSPS) is 12.2. The molecule has 0 radical (unpaired) electrons. The monoisotopic (exact) mass is 329 g/mol. The van der Waals surface area contributed by atoms with Gasteiger partial charge in [0.25, 0.3) is 0 Å². The van der Waals surface area contributed by atoms with Crippen molar-refractivity contribution < 1.29 is 4.74 Å². The van der Waals surface area contributed by atoms with E-state index >= 15 is 0 Å². The second kappa shape index (κ2) is 6.68. The first-order chi connectivity index (χ1) is 9.45. The van der Waals surface area contributed by atoms with Gasteiger partial charge in [0.1, 0.15) is 11.5 Å². The van der Waals surface area contributed by atoms with Crippen LogP contribution in [0.15, 0.2) is 36.4 Å². The van der Waals surface area contributed by atoms with E-state index in [0.717, 1.165) is 12.0 Å². The van der Waals surface area contributed by atoms with Crippen LogP contribution in [0.4, 0.5) is 0 Å². The maximum atomic E-state index is 6.22. The molecule has 1 atom stereocenters. The maximum absolute atomic E-state index is 6.22. The van der Waals surface area contributed by atoms with Crippen LogP contribution in [-0.2, 0) is 6.42 Å². The van der Waals surface area contributed by atoms with Gasteiger partial charge >= 0.3 is 0 Å². The Bertz CT molecular complexity index is 614. The Kier molecular flexibility index (Phi) is 5.17. The van der Waals surface area contributed by atoms with Crippen molar-refractivity contribution in [1.29, 1.82) is 0 Å². The number of ether oxygens (including phenoxy) is 1. The zero-order chi connectivity index (χ0) is 14.7. The zero-order valence-electron chi connectivity index (χ0n) is 10.9. The van der Waals surface area contributed by atoms with Gasteiger partial charge in [-0.3, -0.25) is 0 Å². The Morgan fingerprint density at radius 2 is 1.80 bits per heavy atom. The predicted octanol–water partition coefficient (Wildman–Crippen LogP) is 5.33. The summed E-state index contributed by atoms with van der Waals surface area (Å²) in [6.45, 7) is 1.94. The molecule has 2 aromatic carbocycles. The summed E-state index contributed by atoms with van der Waals surface area (Å²) in [6.07, 6.45) is 0.723. The molecule has 2 rings (SSSR count). The summed E-state index contributed by atoms with van der Waals surface area (Å²) < 4.78 is 5.70. The molecule has 2 aromatic rings. The number of benzene rings is 2. The van der Waals surface area contributed by atoms with Gasteiger partial charge in [0.2, 0.25) is 0 Å². The van der Waals surface area contributed by atoms with Gasteiger partial charge < -0.3 is 10.5 Å². The maximum Gasteiger partial charge on any atom is 0.146 e. The van der Waals surface area contributed by atoms with E-state index in [1.807, 2.05) is 19.1 Å². The van der Waals surface area contributed by atoms with Crippen LogP contribution in [0.3, 0.4) is 0 Å². The predicted molar refractivity (Wildman–Crippen MR) is 85.3 cm³/mol. The third kappa shape index (κ3) is 4.03. The SMILES string of the molecule is CC(N)Cc1ccc(Oc2ccc(Cl)cc2Cl)cc1Cl. The fourth-order valence-corrected chi connectivity index (χ4v) is 2.48. The van der Waals surface area contributed by atoms with Gasteiger partial charge in [-0.25, -0.2) is 0 Å². The largest absolute Gasteiger partial charge is 0.456 e. The number of rotatable bonds is 4. The quantitative estimate of drug-likeness (QED) is 0.822. The molecular formula is C15H14Cl3NO. The van der Waals surface area contributed by atoms with Crippen LogP contribution in [0.25, 0.3) is 0 Å². The fourth-order valence-electron chi connectivity index (χ4n) is 1.79. The highest BCUT2D eigenvalue weighted by Gasteiger charge is 2.08. The molecule has 2 nitrogen and oxygen atoms in total. The van der Waals surface area contributed by atoms with E-state index in [1.165, 1.54) is 0 Å². The van der Waals surface area contributed by atoms with Crippen LogP contribution < -0.4 is 10.5 Å². The molecule has 0 heterocycles. The van der Waals surface area contributed by atoms with Crippen molar-refractivity contribution in [2.24, 2.45) is 5.73 Å². The van der Waals surface area contributed by atoms with E-state index in [2.05, 4.69) is 0 Å². The number of halogens is 3. The first-order valence-electron chi connectivity index (χ1n) is 6.12. The van der Waals surface area contributed by atoms with Crippen molar-refractivity contribution in [3.05, 3.63) is 57.0 Å². The molecule has 5 heteroatoms. The molecule has 0 aliphatic rings. The van der Waals surface area contributed by atoms with Crippen LogP contribution in [0.5, 0.6) is 11.5 Å². The van der Waals surface area contributed by atoms with E-state index in [1.54, 1.807) is 24.3 Å². The molecule has 106 valence electrons. The van der Waals surface area contributed by atoms with E-state index in [-0.39, 0.29) is 6.04 Å². The zero-order valence-corrected chi connectivity index (χ0v) is 13.1. The van der Waals surface area contributed by atoms with Gasteiger partial charge in [-0.1, -0.05) is 40.9 Å². The van der Waals surface area contributed by atoms with Crippen LogP contribution in [-0.4, -0.2) is 6.04 Å². The molecule has 0 bridgehead atoms. The number of hydrogen-bond donors (Lipinski definition) is 1. The minimum absolute atomic E-state index is 0.0602. The lowest BCUT2D eigenvalue weighted by Crippen LogP contribution is -2.17. The molecule has 20 heavy (non-hydrogen) atoms. The van der Waals surface area contributed by atoms with Crippen molar-refractivity contribution in [3.8, 4) is 11.5 Å². The topological polar surface area (TPSA) is 35.2 Å². The van der Waals surface area contributed by atoms with Gasteiger partial charge in [0.05, 0.1) is 5.02 Å². The molecule has 2 N–H and O–H groups in total. The summed E-state index contributed by atoms with van der Waals surface area (Å²) in [4.78, 5) is 0. The Balaban J connectivity index is 2.20. The molecule has 0 saturated carbocycles. The molecule has 0 aliphatic heterocycles. The molecule has 0 amide bonds. The van der Waals surface area contributed by atoms with Crippen LogP contribution in [0.1, 0.15) is 12.5 Å². The molecule has 1 unspecified atom stereocenters. The standard InChI is InChI=1S/C15H14Cl3NO/c1-9(19)6-10-2-4-12(8-13(10)17)20-15-5-3-11(16)7-14(15)18/h2-5,7-9H,6,19H2,1H3. The summed E-state index contributed by atoms with van der Waals surface area (Å²) in [7, 11) is 0. The Labute approximate surface area is 133 Å². The first-order valence-corrected chi connectivity index (χ1v) is 7.26. The summed E-state index contributed by atoms with van der Waals surface area (Å²) in [5.74, 6) is 1.15. The Hall–Kier alpha value is -0.930. The lowest BCUT2D eigenvalue weighted by molar-refractivity contribution is 0.482. The van der Waals surface area contributed by atoms with Crippen molar-refractivity contribution in [1.82, 2.24) is 0 Å². The smallest absolute Gasteiger partial charge is 0.146 e. The highest BCUT2D eigenvalue weighted by atomic mass is 35.5. The minimum Gasteiger partial charge on any atom is -0.456 e. The van der Waals surface area contributed by atoms with Crippen LogP contribution >= 0.6 is 34.8 Å². The second-order valence-electron chi connectivity index (χ2n) is 4.61. The second-order valence-corrected chi connectivity index (χ2v) is 5.86. The third-order valence-electron chi connectivity index (χ3n) is 2.69. The molecule has 0 saturated heterocycles. The van der Waals surface area contributed by atoms with Gasteiger partial charge in [-0.05, 0) is 49.2 Å². The molecule has 0 aliphatic carbocycles. The van der Waals surface area contributed by atoms with Gasteiger partial charge in [0.15, 0.2) is 0 Å². The highest BCUT2D eigenvalue weighted by Crippen LogP contribution is 2.33. The van der Waals surface area contributed by atoms with Crippen molar-refractivity contribution >= 4 is 34.8 Å². The van der Waals surface area contributed by atoms with Gasteiger partial charge in [-0.2, -0.15) is 0 Å². The highest BCUT2D eigenvalue weighted by molar-refractivity contribution is 6.35. The molecule has 0 aromatic heterocycles. The summed E-state index contributed by atoms with van der Waals surface area (Å²) in [5.41, 5.74) is 6.77. The molecule has 0 fully saturated rings. The molecule has 0 spiro atoms. The average molecular weight is 331 g/mol. The van der Waals surface area contributed by atoms with Gasteiger partial charge in [-0.15, -0.1) is 0 Å². The van der Waals surface area contributed by atoms with Crippen LogP contribution in [0, 0.1) is 0 Å².